The lowest BCUT2D eigenvalue weighted by atomic mass is 10.2. The van der Waals surface area contributed by atoms with Gasteiger partial charge in [0.1, 0.15) is 11.6 Å². The number of fused-ring (bicyclic) bond motifs is 1. The van der Waals surface area contributed by atoms with Crippen LogP contribution in [0.25, 0.3) is 22.8 Å². The fourth-order valence-electron chi connectivity index (χ4n) is 2.90. The summed E-state index contributed by atoms with van der Waals surface area (Å²) >= 11 is 0. The summed E-state index contributed by atoms with van der Waals surface area (Å²) in [6.07, 6.45) is 5.17. The van der Waals surface area contributed by atoms with Crippen LogP contribution in [0.1, 0.15) is 18.2 Å². The van der Waals surface area contributed by atoms with Crippen molar-refractivity contribution in [2.24, 2.45) is 7.05 Å². The van der Waals surface area contributed by atoms with Crippen LogP contribution in [0.3, 0.4) is 0 Å². The summed E-state index contributed by atoms with van der Waals surface area (Å²) in [6, 6.07) is 7.97. The van der Waals surface area contributed by atoms with E-state index < -0.39 is 0 Å². The molecule has 0 fully saturated rings. The largest absolute Gasteiger partial charge is 0.497 e. The number of esters is 1. The first-order valence-electron chi connectivity index (χ1n) is 8.09. The average molecular weight is 339 g/mol. The maximum atomic E-state index is 11.7. The number of rotatable bonds is 5. The molecule has 0 aliphatic rings. The van der Waals surface area contributed by atoms with Crippen LogP contribution in [-0.2, 0) is 16.6 Å². The SMILES string of the molecule is CCOC(=O)/C=C/c1c(C)nn(C)c1-n1ccc2ccc(OC)cc21. The third-order valence-corrected chi connectivity index (χ3v) is 4.04. The highest BCUT2D eigenvalue weighted by molar-refractivity contribution is 5.89. The monoisotopic (exact) mass is 339 g/mol. The zero-order chi connectivity index (χ0) is 18.0. The van der Waals surface area contributed by atoms with Gasteiger partial charge in [0, 0.05) is 36.3 Å². The minimum atomic E-state index is -0.365. The zero-order valence-electron chi connectivity index (χ0n) is 14.8. The normalized spacial score (nSPS) is 11.4. The Morgan fingerprint density at radius 2 is 2.12 bits per heavy atom. The predicted molar refractivity (Wildman–Crippen MR) is 97.0 cm³/mol. The van der Waals surface area contributed by atoms with Crippen molar-refractivity contribution >= 4 is 22.9 Å². The van der Waals surface area contributed by atoms with Crippen molar-refractivity contribution in [3.05, 3.63) is 47.8 Å². The first-order valence-corrected chi connectivity index (χ1v) is 8.09. The topological polar surface area (TPSA) is 58.3 Å². The van der Waals surface area contributed by atoms with E-state index in [0.29, 0.717) is 6.61 Å². The molecule has 0 unspecified atom stereocenters. The molecule has 6 nitrogen and oxygen atoms in total. The molecular weight excluding hydrogens is 318 g/mol. The van der Waals surface area contributed by atoms with E-state index in [4.69, 9.17) is 9.47 Å². The number of carbonyl (C=O) groups excluding carboxylic acids is 1. The molecule has 2 heterocycles. The fourth-order valence-corrected chi connectivity index (χ4v) is 2.90. The van der Waals surface area contributed by atoms with Crippen molar-refractivity contribution in [2.45, 2.75) is 13.8 Å². The Labute approximate surface area is 146 Å². The molecule has 0 aliphatic carbocycles. The van der Waals surface area contributed by atoms with E-state index in [1.807, 2.05) is 49.0 Å². The lowest BCUT2D eigenvalue weighted by Gasteiger charge is -2.09. The highest BCUT2D eigenvalue weighted by atomic mass is 16.5. The fraction of sp³-hybridized carbons (Fsp3) is 0.263. The van der Waals surface area contributed by atoms with Gasteiger partial charge in [-0.05, 0) is 38.1 Å². The van der Waals surface area contributed by atoms with Gasteiger partial charge in [-0.15, -0.1) is 0 Å². The minimum Gasteiger partial charge on any atom is -0.497 e. The molecule has 3 aromatic rings. The number of benzene rings is 1. The zero-order valence-corrected chi connectivity index (χ0v) is 14.8. The number of ether oxygens (including phenoxy) is 2. The molecule has 3 rings (SSSR count). The molecule has 0 spiro atoms. The smallest absolute Gasteiger partial charge is 0.330 e. The van der Waals surface area contributed by atoms with Crippen LogP contribution >= 0.6 is 0 Å². The lowest BCUT2D eigenvalue weighted by molar-refractivity contribution is -0.137. The van der Waals surface area contributed by atoms with Crippen molar-refractivity contribution in [1.82, 2.24) is 14.3 Å². The molecule has 0 amide bonds. The second-order valence-corrected chi connectivity index (χ2v) is 5.64. The van der Waals surface area contributed by atoms with Gasteiger partial charge in [0.15, 0.2) is 0 Å². The van der Waals surface area contributed by atoms with E-state index in [9.17, 15) is 4.79 Å². The predicted octanol–water partition coefficient (Wildman–Crippen LogP) is 3.26. The van der Waals surface area contributed by atoms with E-state index in [2.05, 4.69) is 5.10 Å². The molecule has 1 aromatic carbocycles. The molecule has 0 atom stereocenters. The van der Waals surface area contributed by atoms with Gasteiger partial charge in [-0.3, -0.25) is 4.68 Å². The van der Waals surface area contributed by atoms with Gasteiger partial charge in [0.05, 0.1) is 24.9 Å². The number of hydrogen-bond donors (Lipinski definition) is 0. The van der Waals surface area contributed by atoms with E-state index in [1.165, 1.54) is 6.08 Å². The maximum absolute atomic E-state index is 11.7. The molecule has 0 radical (unpaired) electrons. The van der Waals surface area contributed by atoms with Crippen molar-refractivity contribution in [3.63, 3.8) is 0 Å². The van der Waals surface area contributed by atoms with Crippen molar-refractivity contribution in [2.75, 3.05) is 13.7 Å². The Morgan fingerprint density at radius 1 is 1.32 bits per heavy atom. The molecule has 0 N–H and O–H groups in total. The quantitative estimate of drug-likeness (QED) is 0.529. The van der Waals surface area contributed by atoms with Gasteiger partial charge in [0.2, 0.25) is 0 Å². The number of hydrogen-bond acceptors (Lipinski definition) is 4. The number of nitrogens with zero attached hydrogens (tertiary/aromatic N) is 3. The first kappa shape index (κ1) is 16.8. The second kappa shape index (κ2) is 6.84. The minimum absolute atomic E-state index is 0.351. The van der Waals surface area contributed by atoms with E-state index in [-0.39, 0.29) is 5.97 Å². The first-order chi connectivity index (χ1) is 12.0. The summed E-state index contributed by atoms with van der Waals surface area (Å²) in [4.78, 5) is 11.7. The van der Waals surface area contributed by atoms with Gasteiger partial charge in [-0.25, -0.2) is 4.79 Å². The van der Waals surface area contributed by atoms with Gasteiger partial charge >= 0.3 is 5.97 Å². The molecule has 6 heteroatoms. The molecular formula is C19H21N3O3. The molecule has 0 aliphatic heterocycles. The Bertz CT molecular complexity index is 950. The second-order valence-electron chi connectivity index (χ2n) is 5.64. The van der Waals surface area contributed by atoms with Crippen molar-refractivity contribution < 1.29 is 14.3 Å². The van der Waals surface area contributed by atoms with Crippen LogP contribution in [0.15, 0.2) is 36.5 Å². The van der Waals surface area contributed by atoms with Crippen molar-refractivity contribution in [1.29, 1.82) is 0 Å². The van der Waals surface area contributed by atoms with E-state index >= 15 is 0 Å². The van der Waals surface area contributed by atoms with Crippen LogP contribution in [-0.4, -0.2) is 34.0 Å². The lowest BCUT2D eigenvalue weighted by Crippen LogP contribution is -2.03. The van der Waals surface area contributed by atoms with Crippen LogP contribution in [0.2, 0.25) is 0 Å². The maximum Gasteiger partial charge on any atom is 0.330 e. The van der Waals surface area contributed by atoms with E-state index in [1.54, 1.807) is 24.8 Å². The van der Waals surface area contributed by atoms with Crippen molar-refractivity contribution in [3.8, 4) is 11.6 Å². The van der Waals surface area contributed by atoms with Crippen LogP contribution in [0.4, 0.5) is 0 Å². The third-order valence-electron chi connectivity index (χ3n) is 4.04. The summed E-state index contributed by atoms with van der Waals surface area (Å²) in [6.45, 7) is 4.05. The summed E-state index contributed by atoms with van der Waals surface area (Å²) in [5, 5.41) is 5.60. The standard InChI is InChI=1S/C19H21N3O3/c1-5-25-18(23)9-8-16-13(2)20-21(3)19(16)22-11-10-14-6-7-15(24-4)12-17(14)22/h6-12H,5H2,1-4H3/b9-8+. The number of aromatic nitrogens is 3. The Kier molecular flexibility index (Phi) is 4.61. The Morgan fingerprint density at radius 3 is 2.84 bits per heavy atom. The molecule has 0 saturated heterocycles. The number of methoxy groups -OCH3 is 1. The molecule has 0 saturated carbocycles. The van der Waals surface area contributed by atoms with E-state index in [0.717, 1.165) is 33.7 Å². The highest BCUT2D eigenvalue weighted by Gasteiger charge is 2.15. The average Bonchev–Trinajstić information content (AvgIpc) is 3.12. The molecule has 25 heavy (non-hydrogen) atoms. The Balaban J connectivity index is 2.13. The van der Waals surface area contributed by atoms with Gasteiger partial charge in [0.25, 0.3) is 0 Å². The summed E-state index contributed by atoms with van der Waals surface area (Å²) in [5.41, 5.74) is 2.71. The summed E-state index contributed by atoms with van der Waals surface area (Å²) in [5.74, 6) is 1.30. The van der Waals surface area contributed by atoms with Crippen LogP contribution < -0.4 is 4.74 Å². The van der Waals surface area contributed by atoms with Crippen LogP contribution in [0.5, 0.6) is 5.75 Å². The summed E-state index contributed by atoms with van der Waals surface area (Å²) < 4.78 is 14.2. The summed E-state index contributed by atoms with van der Waals surface area (Å²) in [7, 11) is 3.53. The van der Waals surface area contributed by atoms with Gasteiger partial charge < -0.3 is 14.0 Å². The highest BCUT2D eigenvalue weighted by Crippen LogP contribution is 2.28. The molecule has 0 bridgehead atoms. The van der Waals surface area contributed by atoms with Gasteiger partial charge in [-0.2, -0.15) is 5.10 Å². The van der Waals surface area contributed by atoms with Gasteiger partial charge in [-0.1, -0.05) is 0 Å². The molecule has 130 valence electrons. The number of carbonyl (C=O) groups is 1. The third kappa shape index (κ3) is 3.15. The van der Waals surface area contributed by atoms with Crippen LogP contribution in [0, 0.1) is 6.92 Å². The number of aryl methyl sites for hydroxylation is 2. The molecule has 2 aromatic heterocycles. The Hall–Kier alpha value is -3.02.